The van der Waals surface area contributed by atoms with E-state index < -0.39 is 26.1 Å². The number of benzene rings is 2. The lowest BCUT2D eigenvalue weighted by atomic mass is 10.2. The number of sulfone groups is 1. The van der Waals surface area contributed by atoms with Gasteiger partial charge in [-0.25, -0.2) is 8.42 Å². The second-order valence-corrected chi connectivity index (χ2v) is 9.80. The van der Waals surface area contributed by atoms with Crippen molar-refractivity contribution in [1.82, 2.24) is 0 Å². The molecule has 1 aromatic heterocycles. The van der Waals surface area contributed by atoms with E-state index in [2.05, 4.69) is 15.9 Å². The van der Waals surface area contributed by atoms with Crippen molar-refractivity contribution in [2.75, 3.05) is 12.9 Å². The Kier molecular flexibility index (Phi) is 6.12. The number of methoxy groups -OCH3 is 1. The summed E-state index contributed by atoms with van der Waals surface area (Å²) in [5, 5.41) is 0.624. The third kappa shape index (κ3) is 4.76. The van der Waals surface area contributed by atoms with Crippen LogP contribution in [0.1, 0.15) is 5.56 Å². The Hall–Kier alpha value is -2.29. The number of halogens is 1. The summed E-state index contributed by atoms with van der Waals surface area (Å²) < 4.78 is 31.1. The monoisotopic (exact) mass is 478 g/mol. The molecule has 0 spiro atoms. The highest BCUT2D eigenvalue weighted by molar-refractivity contribution is 9.10. The molecule has 3 rings (SSSR count). The first-order chi connectivity index (χ1) is 13.3. The Morgan fingerprint density at radius 2 is 1.86 bits per heavy atom. The van der Waals surface area contributed by atoms with Crippen LogP contribution in [0.3, 0.4) is 0 Å². The Bertz CT molecular complexity index is 1230. The van der Waals surface area contributed by atoms with Gasteiger partial charge in [-0.05, 0) is 53.4 Å². The molecule has 0 saturated heterocycles. The van der Waals surface area contributed by atoms with Crippen LogP contribution in [0.15, 0.2) is 68.8 Å². The van der Waals surface area contributed by atoms with Gasteiger partial charge in [-0.3, -0.25) is 9.59 Å². The second-order valence-electron chi connectivity index (χ2n) is 5.91. The maximum absolute atomic E-state index is 12.6. The van der Waals surface area contributed by atoms with Gasteiger partial charge in [0.25, 0.3) is 4.74 Å². The lowest BCUT2D eigenvalue weighted by molar-refractivity contribution is -0.112. The second kappa shape index (κ2) is 8.38. The molecule has 1 heterocycles. The molecular weight excluding hydrogens is 464 g/mol. The zero-order chi connectivity index (χ0) is 20.3. The van der Waals surface area contributed by atoms with Gasteiger partial charge in [0.05, 0.1) is 7.11 Å². The predicted molar refractivity (Wildman–Crippen MR) is 115 cm³/mol. The number of hydrogen-bond donors (Lipinski definition) is 0. The number of allylic oxidation sites excluding steroid dienone is 1. The molecule has 28 heavy (non-hydrogen) atoms. The highest BCUT2D eigenvalue weighted by Crippen LogP contribution is 2.24. The maximum atomic E-state index is 12.6. The first-order valence-corrected chi connectivity index (χ1v) is 11.4. The van der Waals surface area contributed by atoms with Crippen molar-refractivity contribution in [2.24, 2.45) is 0 Å². The summed E-state index contributed by atoms with van der Waals surface area (Å²) in [5.74, 6) is -0.686. The number of fused-ring (bicyclic) bond motifs is 1. The molecule has 0 bridgehead atoms. The van der Waals surface area contributed by atoms with E-state index in [1.165, 1.54) is 18.2 Å². The van der Waals surface area contributed by atoms with Crippen molar-refractivity contribution < 1.29 is 17.9 Å². The maximum Gasteiger partial charge on any atom is 0.251 e. The van der Waals surface area contributed by atoms with E-state index in [0.717, 1.165) is 21.4 Å². The molecule has 0 atom stereocenters. The molecule has 0 amide bonds. The highest BCUT2D eigenvalue weighted by Gasteiger charge is 2.22. The normalized spacial score (nSPS) is 11.8. The minimum absolute atomic E-state index is 0.353. The molecule has 0 aliphatic heterocycles. The van der Waals surface area contributed by atoms with Gasteiger partial charge in [0.1, 0.15) is 16.4 Å². The average molecular weight is 479 g/mol. The molecule has 0 unspecified atom stereocenters. The van der Waals surface area contributed by atoms with Crippen LogP contribution in [-0.2, 0) is 14.6 Å². The molecule has 0 N–H and O–H groups in total. The summed E-state index contributed by atoms with van der Waals surface area (Å²) in [6.45, 7) is 0. The molecule has 0 aliphatic carbocycles. The van der Waals surface area contributed by atoms with Gasteiger partial charge in [-0.1, -0.05) is 45.5 Å². The molecule has 3 aromatic rings. The molecule has 0 radical (unpaired) electrons. The predicted octanol–water partition coefficient (Wildman–Crippen LogP) is 4.09. The lowest BCUT2D eigenvalue weighted by Gasteiger charge is -2.04. The zero-order valence-corrected chi connectivity index (χ0v) is 17.9. The van der Waals surface area contributed by atoms with E-state index in [1.807, 2.05) is 0 Å². The standard InChI is InChI=1S/C20H15BrO5S2/c1-26-17-7-3-13(4-8-17)2-6-16(22)12-28(24,25)19-11-14-10-15(21)5-9-18(14)27-20(19)23/h2-11H,12H2,1H3. The van der Waals surface area contributed by atoms with Crippen LogP contribution < -0.4 is 9.48 Å². The SMILES string of the molecule is COc1ccc(C=CC(=O)CS(=O)(=O)c2cc3cc(Br)ccc3sc2=O)cc1. The third-order valence-electron chi connectivity index (χ3n) is 3.91. The first kappa shape index (κ1) is 20.4. The van der Waals surface area contributed by atoms with Crippen molar-refractivity contribution >= 4 is 59.0 Å². The molecule has 8 heteroatoms. The van der Waals surface area contributed by atoms with E-state index in [1.54, 1.807) is 49.6 Å². The van der Waals surface area contributed by atoms with Gasteiger partial charge in [0.2, 0.25) is 0 Å². The number of carbonyl (C=O) groups excluding carboxylic acids is 1. The van der Waals surface area contributed by atoms with Crippen LogP contribution in [0.2, 0.25) is 0 Å². The van der Waals surface area contributed by atoms with Gasteiger partial charge in [0.15, 0.2) is 15.6 Å². The van der Waals surface area contributed by atoms with E-state index in [-0.39, 0.29) is 4.90 Å². The Morgan fingerprint density at radius 3 is 2.54 bits per heavy atom. The summed E-state index contributed by atoms with van der Waals surface area (Å²) in [7, 11) is -2.50. The highest BCUT2D eigenvalue weighted by atomic mass is 79.9. The van der Waals surface area contributed by atoms with E-state index in [4.69, 9.17) is 4.74 Å². The summed E-state index contributed by atoms with van der Waals surface area (Å²) in [4.78, 5) is 24.1. The molecule has 144 valence electrons. The van der Waals surface area contributed by atoms with Crippen LogP contribution in [0.4, 0.5) is 0 Å². The molecular formula is C20H15BrO5S2. The van der Waals surface area contributed by atoms with Gasteiger partial charge < -0.3 is 4.74 Å². The topological polar surface area (TPSA) is 77.5 Å². The van der Waals surface area contributed by atoms with Crippen LogP contribution >= 0.6 is 27.3 Å². The summed E-state index contributed by atoms with van der Waals surface area (Å²) in [5.41, 5.74) is 0.730. The smallest absolute Gasteiger partial charge is 0.251 e. The van der Waals surface area contributed by atoms with Gasteiger partial charge in [-0.2, -0.15) is 0 Å². The van der Waals surface area contributed by atoms with E-state index in [0.29, 0.717) is 15.8 Å². The fraction of sp³-hybridized carbons (Fsp3) is 0.100. The fourth-order valence-electron chi connectivity index (χ4n) is 2.51. The molecule has 0 saturated carbocycles. The summed E-state index contributed by atoms with van der Waals surface area (Å²) in [6, 6.07) is 13.5. The summed E-state index contributed by atoms with van der Waals surface area (Å²) in [6.07, 6.45) is 2.72. The number of rotatable bonds is 6. The van der Waals surface area contributed by atoms with Crippen molar-refractivity contribution in [3.63, 3.8) is 0 Å². The lowest BCUT2D eigenvalue weighted by Crippen LogP contribution is -2.19. The zero-order valence-electron chi connectivity index (χ0n) is 14.7. The Balaban J connectivity index is 1.83. The molecule has 5 nitrogen and oxygen atoms in total. The minimum atomic E-state index is -4.05. The Labute approximate surface area is 174 Å². The van der Waals surface area contributed by atoms with Crippen molar-refractivity contribution in [3.05, 3.63) is 74.2 Å². The molecule has 0 fully saturated rings. The van der Waals surface area contributed by atoms with Crippen LogP contribution in [0, 0.1) is 0 Å². The number of ether oxygens (including phenoxy) is 1. The summed E-state index contributed by atoms with van der Waals surface area (Å²) >= 11 is 4.17. The van der Waals surface area contributed by atoms with E-state index in [9.17, 15) is 18.0 Å². The van der Waals surface area contributed by atoms with Crippen LogP contribution in [0.5, 0.6) is 5.75 Å². The number of carbonyl (C=O) groups is 1. The van der Waals surface area contributed by atoms with Crippen LogP contribution in [0.25, 0.3) is 16.2 Å². The van der Waals surface area contributed by atoms with Gasteiger partial charge >= 0.3 is 0 Å². The molecule has 2 aromatic carbocycles. The first-order valence-electron chi connectivity index (χ1n) is 8.09. The number of ketones is 1. The van der Waals surface area contributed by atoms with Crippen molar-refractivity contribution in [1.29, 1.82) is 0 Å². The van der Waals surface area contributed by atoms with Crippen molar-refractivity contribution in [2.45, 2.75) is 4.90 Å². The van der Waals surface area contributed by atoms with Gasteiger partial charge in [0, 0.05) is 9.17 Å². The van der Waals surface area contributed by atoms with Crippen LogP contribution in [-0.4, -0.2) is 27.1 Å². The third-order valence-corrected chi connectivity index (χ3v) is 7.16. The minimum Gasteiger partial charge on any atom is -0.497 e. The fourth-order valence-corrected chi connectivity index (χ4v) is 5.31. The van der Waals surface area contributed by atoms with Crippen molar-refractivity contribution in [3.8, 4) is 5.75 Å². The largest absolute Gasteiger partial charge is 0.497 e. The Morgan fingerprint density at radius 1 is 1.14 bits per heavy atom. The van der Waals surface area contributed by atoms with Gasteiger partial charge in [-0.15, -0.1) is 0 Å². The number of hydrogen-bond acceptors (Lipinski definition) is 6. The van der Waals surface area contributed by atoms with E-state index >= 15 is 0 Å². The quantitative estimate of drug-likeness (QED) is 0.498. The average Bonchev–Trinajstić information content (AvgIpc) is 2.66. The molecule has 0 aliphatic rings.